The summed E-state index contributed by atoms with van der Waals surface area (Å²) in [5.74, 6) is 0.116. The fraction of sp³-hybridized carbons (Fsp3) is 0.412. The number of rotatable bonds is 4. The van der Waals surface area contributed by atoms with Gasteiger partial charge in [0.1, 0.15) is 0 Å². The number of piperidine rings is 3. The largest absolute Gasteiger partial charge is 0.366 e. The average Bonchev–Trinajstić information content (AvgIpc) is 2.54. The molecule has 22 heavy (non-hydrogen) atoms. The third-order valence-electron chi connectivity index (χ3n) is 4.61. The maximum atomic E-state index is 12.0. The first kappa shape index (κ1) is 14.8. The van der Waals surface area contributed by atoms with Crippen LogP contribution < -0.4 is 11.1 Å². The van der Waals surface area contributed by atoms with Crippen molar-refractivity contribution < 1.29 is 9.59 Å². The van der Waals surface area contributed by atoms with E-state index in [0.29, 0.717) is 11.5 Å². The predicted molar refractivity (Wildman–Crippen MR) is 85.1 cm³/mol. The molecule has 4 rings (SSSR count). The highest BCUT2D eigenvalue weighted by Gasteiger charge is 2.34. The lowest BCUT2D eigenvalue weighted by Gasteiger charge is -2.44. The van der Waals surface area contributed by atoms with Crippen molar-refractivity contribution >= 4 is 17.9 Å². The molecule has 1 aromatic carbocycles. The monoisotopic (exact) mass is 299 g/mol. The van der Waals surface area contributed by atoms with Crippen LogP contribution in [0.1, 0.15) is 28.8 Å². The molecule has 3 N–H and O–H groups in total. The van der Waals surface area contributed by atoms with Crippen molar-refractivity contribution in [3.05, 3.63) is 41.5 Å². The quantitative estimate of drug-likeness (QED) is 0.815. The maximum absolute atomic E-state index is 12.0. The number of nitrogens with one attached hydrogen (secondary N) is 1. The molecular formula is C17H21N3O2. The van der Waals surface area contributed by atoms with Gasteiger partial charge in [-0.05, 0) is 55.6 Å². The van der Waals surface area contributed by atoms with Crippen molar-refractivity contribution in [3.8, 4) is 0 Å². The molecule has 0 aromatic heterocycles. The Morgan fingerprint density at radius 1 is 1.18 bits per heavy atom. The van der Waals surface area contributed by atoms with E-state index in [1.165, 1.54) is 25.9 Å². The first-order chi connectivity index (χ1) is 10.6. The van der Waals surface area contributed by atoms with Gasteiger partial charge >= 0.3 is 0 Å². The second-order valence-corrected chi connectivity index (χ2v) is 6.07. The minimum absolute atomic E-state index is 0.0577. The molecule has 1 atom stereocenters. The van der Waals surface area contributed by atoms with Crippen LogP contribution in [-0.4, -0.2) is 42.4 Å². The Kier molecular flexibility index (Phi) is 4.24. The average molecular weight is 299 g/mol. The van der Waals surface area contributed by atoms with Gasteiger partial charge in [0.25, 0.3) is 0 Å². The van der Waals surface area contributed by atoms with Crippen LogP contribution in [0.5, 0.6) is 0 Å². The van der Waals surface area contributed by atoms with E-state index in [0.717, 1.165) is 12.1 Å². The highest BCUT2D eigenvalue weighted by molar-refractivity contribution is 5.94. The summed E-state index contributed by atoms with van der Waals surface area (Å²) in [7, 11) is 0. The molecule has 3 aliphatic heterocycles. The van der Waals surface area contributed by atoms with Crippen LogP contribution in [0, 0.1) is 5.92 Å². The highest BCUT2D eigenvalue weighted by Crippen LogP contribution is 2.27. The van der Waals surface area contributed by atoms with E-state index in [9.17, 15) is 9.59 Å². The third kappa shape index (κ3) is 3.36. The van der Waals surface area contributed by atoms with Crippen LogP contribution in [0.4, 0.5) is 0 Å². The molecule has 5 heteroatoms. The molecule has 3 heterocycles. The third-order valence-corrected chi connectivity index (χ3v) is 4.61. The number of carbonyl (C=O) groups excluding carboxylic acids is 2. The number of carbonyl (C=O) groups is 2. The topological polar surface area (TPSA) is 75.4 Å². The van der Waals surface area contributed by atoms with Crippen molar-refractivity contribution in [1.82, 2.24) is 10.2 Å². The second kappa shape index (κ2) is 6.32. The molecular weight excluding hydrogens is 278 g/mol. The smallest absolute Gasteiger partial charge is 0.248 e. The summed E-state index contributed by atoms with van der Waals surface area (Å²) in [4.78, 5) is 25.5. The van der Waals surface area contributed by atoms with E-state index in [4.69, 9.17) is 5.73 Å². The van der Waals surface area contributed by atoms with Crippen molar-refractivity contribution in [2.45, 2.75) is 18.9 Å². The Bertz CT molecular complexity index is 586. The van der Waals surface area contributed by atoms with Crippen LogP contribution in [0.15, 0.2) is 30.3 Å². The molecule has 0 unspecified atom stereocenters. The SMILES string of the molecule is NC(=O)c1ccc(/C=C/C(=O)N[C@H]2CN3CCC2CC3)cc1. The van der Waals surface area contributed by atoms with E-state index in [2.05, 4.69) is 10.2 Å². The number of nitrogens with zero attached hydrogens (tertiary/aromatic N) is 1. The molecule has 116 valence electrons. The summed E-state index contributed by atoms with van der Waals surface area (Å²) >= 11 is 0. The van der Waals surface area contributed by atoms with Gasteiger partial charge in [-0.15, -0.1) is 0 Å². The molecule has 0 saturated carbocycles. The lowest BCUT2D eigenvalue weighted by atomic mass is 9.84. The van der Waals surface area contributed by atoms with Crippen LogP contribution in [0.25, 0.3) is 6.08 Å². The Labute approximate surface area is 130 Å². The van der Waals surface area contributed by atoms with Gasteiger partial charge < -0.3 is 16.0 Å². The number of primary amides is 1. The van der Waals surface area contributed by atoms with Crippen molar-refractivity contribution in [2.24, 2.45) is 11.7 Å². The normalized spacial score (nSPS) is 27.0. The summed E-state index contributed by atoms with van der Waals surface area (Å²) in [6, 6.07) is 7.15. The lowest BCUT2D eigenvalue weighted by Crippen LogP contribution is -2.57. The number of fused-ring (bicyclic) bond motifs is 3. The molecule has 5 nitrogen and oxygen atoms in total. The Morgan fingerprint density at radius 2 is 1.86 bits per heavy atom. The van der Waals surface area contributed by atoms with Crippen LogP contribution >= 0.6 is 0 Å². The number of nitrogens with two attached hydrogens (primary N) is 1. The fourth-order valence-corrected chi connectivity index (χ4v) is 3.29. The van der Waals surface area contributed by atoms with Crippen molar-refractivity contribution in [2.75, 3.05) is 19.6 Å². The summed E-state index contributed by atoms with van der Waals surface area (Å²) in [5, 5.41) is 3.11. The van der Waals surface area contributed by atoms with Gasteiger partial charge in [-0.2, -0.15) is 0 Å². The van der Waals surface area contributed by atoms with E-state index in [1.54, 1.807) is 36.4 Å². The minimum atomic E-state index is -0.448. The molecule has 0 spiro atoms. The molecule has 3 saturated heterocycles. The molecule has 2 amide bonds. The van der Waals surface area contributed by atoms with Crippen LogP contribution in [-0.2, 0) is 4.79 Å². The van der Waals surface area contributed by atoms with Crippen molar-refractivity contribution in [1.29, 1.82) is 0 Å². The molecule has 2 bridgehead atoms. The van der Waals surface area contributed by atoms with E-state index < -0.39 is 5.91 Å². The molecule has 0 aliphatic carbocycles. The standard InChI is InChI=1S/C17H21N3O2/c18-17(22)14-4-1-12(2-5-14)3-6-16(21)19-15-11-20-9-7-13(15)8-10-20/h1-6,13,15H,7-11H2,(H2,18,22)(H,19,21)/b6-3+/t15-/m0/s1. The maximum Gasteiger partial charge on any atom is 0.248 e. The second-order valence-electron chi connectivity index (χ2n) is 6.07. The molecule has 0 radical (unpaired) electrons. The van der Waals surface area contributed by atoms with Gasteiger partial charge in [0.05, 0.1) is 0 Å². The summed E-state index contributed by atoms with van der Waals surface area (Å²) in [6.45, 7) is 3.30. The molecule has 3 aliphatic rings. The minimum Gasteiger partial charge on any atom is -0.366 e. The van der Waals surface area contributed by atoms with E-state index >= 15 is 0 Å². The van der Waals surface area contributed by atoms with E-state index in [-0.39, 0.29) is 11.9 Å². The van der Waals surface area contributed by atoms with Crippen molar-refractivity contribution in [3.63, 3.8) is 0 Å². The van der Waals surface area contributed by atoms with E-state index in [1.807, 2.05) is 0 Å². The Balaban J connectivity index is 1.56. The number of hydrogen-bond donors (Lipinski definition) is 2. The number of benzene rings is 1. The van der Waals surface area contributed by atoms with Gasteiger partial charge in [-0.1, -0.05) is 12.1 Å². The Hall–Kier alpha value is -2.14. The zero-order chi connectivity index (χ0) is 15.5. The Morgan fingerprint density at radius 3 is 2.41 bits per heavy atom. The number of hydrogen-bond acceptors (Lipinski definition) is 3. The molecule has 1 aromatic rings. The summed E-state index contributed by atoms with van der Waals surface area (Å²) in [6.07, 6.45) is 5.67. The first-order valence-corrected chi connectivity index (χ1v) is 7.72. The van der Waals surface area contributed by atoms with Gasteiger partial charge in [0, 0.05) is 24.2 Å². The summed E-state index contributed by atoms with van der Waals surface area (Å²) < 4.78 is 0. The van der Waals surface area contributed by atoms with Gasteiger partial charge in [-0.3, -0.25) is 9.59 Å². The fourth-order valence-electron chi connectivity index (χ4n) is 3.29. The first-order valence-electron chi connectivity index (χ1n) is 7.72. The van der Waals surface area contributed by atoms with Crippen LogP contribution in [0.2, 0.25) is 0 Å². The number of amides is 2. The summed E-state index contributed by atoms with van der Waals surface area (Å²) in [5.41, 5.74) is 6.53. The highest BCUT2D eigenvalue weighted by atomic mass is 16.1. The van der Waals surface area contributed by atoms with Crippen LogP contribution in [0.3, 0.4) is 0 Å². The lowest BCUT2D eigenvalue weighted by molar-refractivity contribution is -0.118. The predicted octanol–water partition coefficient (Wildman–Crippen LogP) is 1.01. The van der Waals surface area contributed by atoms with Gasteiger partial charge in [-0.25, -0.2) is 0 Å². The van der Waals surface area contributed by atoms with Gasteiger partial charge in [0.15, 0.2) is 0 Å². The van der Waals surface area contributed by atoms with Gasteiger partial charge in [0.2, 0.25) is 11.8 Å². The zero-order valence-electron chi connectivity index (χ0n) is 12.5. The molecule has 3 fully saturated rings. The zero-order valence-corrected chi connectivity index (χ0v) is 12.5.